The first-order valence-corrected chi connectivity index (χ1v) is 11.3. The minimum Gasteiger partial charge on any atom is -0.497 e. The lowest BCUT2D eigenvalue weighted by atomic mass is 10.1. The zero-order valence-corrected chi connectivity index (χ0v) is 17.0. The summed E-state index contributed by atoms with van der Waals surface area (Å²) in [5.74, 6) is 0.637. The number of benzene rings is 2. The molecule has 0 bridgehead atoms. The average Bonchev–Trinajstić information content (AvgIpc) is 3.07. The van der Waals surface area contributed by atoms with Crippen molar-refractivity contribution >= 4 is 20.0 Å². The van der Waals surface area contributed by atoms with Gasteiger partial charge in [0.1, 0.15) is 10.6 Å². The Bertz CT molecular complexity index is 1210. The maximum absolute atomic E-state index is 13.2. The van der Waals surface area contributed by atoms with E-state index in [1.165, 1.54) is 25.4 Å². The fourth-order valence-electron chi connectivity index (χ4n) is 2.97. The second-order valence-electron chi connectivity index (χ2n) is 6.26. The van der Waals surface area contributed by atoms with Gasteiger partial charge < -0.3 is 4.74 Å². The Morgan fingerprint density at radius 1 is 0.929 bits per heavy atom. The topological polar surface area (TPSA) is 108 Å². The number of aryl methyl sites for hydroxylation is 1. The lowest BCUT2D eigenvalue weighted by molar-refractivity contribution is 0.414. The number of sulfonamides is 1. The number of hydrogen-bond donors (Lipinski definition) is 1. The molecule has 1 aromatic heterocycles. The van der Waals surface area contributed by atoms with Crippen molar-refractivity contribution in [2.75, 3.05) is 7.11 Å². The van der Waals surface area contributed by atoms with Crippen molar-refractivity contribution in [2.45, 2.75) is 23.1 Å². The van der Waals surface area contributed by atoms with Gasteiger partial charge in [-0.1, -0.05) is 30.3 Å². The van der Waals surface area contributed by atoms with E-state index in [4.69, 9.17) is 9.88 Å². The molecule has 0 spiro atoms. The van der Waals surface area contributed by atoms with E-state index in [0.717, 1.165) is 3.97 Å². The average molecular weight is 421 g/mol. The Kier molecular flexibility index (Phi) is 5.33. The first-order valence-electron chi connectivity index (χ1n) is 8.32. The van der Waals surface area contributed by atoms with Crippen molar-refractivity contribution in [3.63, 3.8) is 0 Å². The molecule has 1 heterocycles. The van der Waals surface area contributed by atoms with Crippen molar-refractivity contribution in [1.82, 2.24) is 3.97 Å². The molecule has 0 saturated carbocycles. The van der Waals surface area contributed by atoms with E-state index >= 15 is 0 Å². The number of aromatic nitrogens is 1. The Labute approximate surface area is 164 Å². The molecule has 2 N–H and O–H groups in total. The van der Waals surface area contributed by atoms with E-state index in [1.807, 2.05) is 0 Å². The van der Waals surface area contributed by atoms with Gasteiger partial charge in [0.25, 0.3) is 10.0 Å². The van der Waals surface area contributed by atoms with E-state index in [0.29, 0.717) is 16.9 Å². The van der Waals surface area contributed by atoms with Gasteiger partial charge in [-0.25, -0.2) is 25.9 Å². The second kappa shape index (κ2) is 7.42. The first-order chi connectivity index (χ1) is 13.1. The minimum absolute atomic E-state index is 0.0634. The van der Waals surface area contributed by atoms with E-state index in [9.17, 15) is 16.8 Å². The first kappa shape index (κ1) is 20.1. The van der Waals surface area contributed by atoms with Crippen molar-refractivity contribution < 1.29 is 21.6 Å². The summed E-state index contributed by atoms with van der Waals surface area (Å²) in [6.07, 6.45) is 1.29. The summed E-state index contributed by atoms with van der Waals surface area (Å²) in [4.78, 5) is -0.122. The number of nitrogens with zero attached hydrogens (tertiary/aromatic N) is 1. The van der Waals surface area contributed by atoms with Gasteiger partial charge in [0.2, 0.25) is 10.0 Å². The van der Waals surface area contributed by atoms with Gasteiger partial charge in [0, 0.05) is 12.6 Å². The van der Waals surface area contributed by atoms with Gasteiger partial charge in [0.15, 0.2) is 0 Å². The quantitative estimate of drug-likeness (QED) is 0.658. The highest BCUT2D eigenvalue weighted by Gasteiger charge is 2.27. The molecule has 0 saturated heterocycles. The normalized spacial score (nSPS) is 12.1. The molecule has 9 heteroatoms. The van der Waals surface area contributed by atoms with Crippen LogP contribution < -0.4 is 9.88 Å². The third kappa shape index (κ3) is 3.82. The van der Waals surface area contributed by atoms with Crippen molar-refractivity contribution in [3.05, 3.63) is 77.6 Å². The maximum Gasteiger partial charge on any atom is 0.268 e. The number of nitrogens with two attached hydrogens (primary N) is 1. The predicted octanol–water partition coefficient (Wildman–Crippen LogP) is 2.28. The highest BCUT2D eigenvalue weighted by atomic mass is 32.2. The molecule has 0 atom stereocenters. The molecule has 148 valence electrons. The summed E-state index contributed by atoms with van der Waals surface area (Å²) in [7, 11) is -6.57. The van der Waals surface area contributed by atoms with Gasteiger partial charge in [-0.15, -0.1) is 0 Å². The van der Waals surface area contributed by atoms with Crippen molar-refractivity contribution in [1.29, 1.82) is 0 Å². The third-order valence-electron chi connectivity index (χ3n) is 4.38. The number of hydrogen-bond acceptors (Lipinski definition) is 5. The molecular weight excluding hydrogens is 400 g/mol. The van der Waals surface area contributed by atoms with Crippen LogP contribution in [0, 0.1) is 6.92 Å². The van der Waals surface area contributed by atoms with Crippen LogP contribution in [0.4, 0.5) is 0 Å². The minimum atomic E-state index is -4.11. The van der Waals surface area contributed by atoms with Crippen molar-refractivity contribution in [2.24, 2.45) is 5.14 Å². The molecule has 3 aromatic rings. The number of ether oxygens (including phenoxy) is 1. The maximum atomic E-state index is 13.2. The second-order valence-corrected chi connectivity index (χ2v) is 9.58. The fraction of sp³-hybridized carbons (Fsp3) is 0.158. The van der Waals surface area contributed by atoms with Crippen LogP contribution in [0.3, 0.4) is 0 Å². The van der Waals surface area contributed by atoms with Crippen LogP contribution in [0.5, 0.6) is 5.75 Å². The standard InChI is InChI=1S/C19H20N2O5S2/c1-14-5-3-4-6-18(14)28(24,25)21-12-11-19(27(20,22)23)17(21)13-15-7-9-16(26-2)10-8-15/h3-12H,13H2,1-2H3,(H2,20,22,23). The zero-order chi connectivity index (χ0) is 20.5. The summed E-state index contributed by atoms with van der Waals surface area (Å²) in [6, 6.07) is 14.6. The monoisotopic (exact) mass is 420 g/mol. The van der Waals surface area contributed by atoms with Crippen LogP contribution in [0.1, 0.15) is 16.8 Å². The molecule has 0 amide bonds. The molecular formula is C19H20N2O5S2. The number of rotatable bonds is 6. The molecule has 0 aliphatic carbocycles. The Hall–Kier alpha value is -2.62. The van der Waals surface area contributed by atoms with Crippen LogP contribution in [-0.4, -0.2) is 27.9 Å². The van der Waals surface area contributed by atoms with Crippen LogP contribution in [-0.2, 0) is 26.5 Å². The number of methoxy groups -OCH3 is 1. The highest BCUT2D eigenvalue weighted by molar-refractivity contribution is 7.90. The summed E-state index contributed by atoms with van der Waals surface area (Å²) in [6.45, 7) is 1.68. The highest BCUT2D eigenvalue weighted by Crippen LogP contribution is 2.26. The predicted molar refractivity (Wildman–Crippen MR) is 105 cm³/mol. The largest absolute Gasteiger partial charge is 0.497 e. The van der Waals surface area contributed by atoms with Gasteiger partial charge in [-0.3, -0.25) is 0 Å². The van der Waals surface area contributed by atoms with Crippen LogP contribution in [0.15, 0.2) is 70.6 Å². The molecule has 3 rings (SSSR count). The Morgan fingerprint density at radius 3 is 2.14 bits per heavy atom. The van der Waals surface area contributed by atoms with E-state index in [-0.39, 0.29) is 21.9 Å². The van der Waals surface area contributed by atoms with Gasteiger partial charge in [-0.2, -0.15) is 0 Å². The van der Waals surface area contributed by atoms with Gasteiger partial charge >= 0.3 is 0 Å². The molecule has 0 fully saturated rings. The fourth-order valence-corrected chi connectivity index (χ4v) is 5.39. The van der Waals surface area contributed by atoms with Crippen LogP contribution >= 0.6 is 0 Å². The van der Waals surface area contributed by atoms with Gasteiger partial charge in [-0.05, 0) is 42.3 Å². The summed E-state index contributed by atoms with van der Waals surface area (Å²) >= 11 is 0. The summed E-state index contributed by atoms with van der Waals surface area (Å²) in [5.41, 5.74) is 1.35. The third-order valence-corrected chi connectivity index (χ3v) is 7.24. The molecule has 2 aromatic carbocycles. The summed E-state index contributed by atoms with van der Waals surface area (Å²) in [5, 5.41) is 5.33. The van der Waals surface area contributed by atoms with Crippen LogP contribution in [0.25, 0.3) is 0 Å². The Balaban J connectivity index is 2.17. The summed E-state index contributed by atoms with van der Waals surface area (Å²) < 4.78 is 56.6. The molecule has 0 radical (unpaired) electrons. The molecule has 28 heavy (non-hydrogen) atoms. The number of primary sulfonamides is 1. The van der Waals surface area contributed by atoms with Crippen LogP contribution in [0.2, 0.25) is 0 Å². The zero-order valence-electron chi connectivity index (χ0n) is 15.4. The Morgan fingerprint density at radius 2 is 1.57 bits per heavy atom. The van der Waals surface area contributed by atoms with E-state index in [1.54, 1.807) is 49.4 Å². The molecule has 0 aliphatic rings. The lowest BCUT2D eigenvalue weighted by Gasteiger charge is -2.14. The lowest BCUT2D eigenvalue weighted by Crippen LogP contribution is -2.19. The molecule has 0 unspecified atom stereocenters. The van der Waals surface area contributed by atoms with Crippen molar-refractivity contribution in [3.8, 4) is 5.75 Å². The smallest absolute Gasteiger partial charge is 0.268 e. The van der Waals surface area contributed by atoms with E-state index < -0.39 is 20.0 Å². The molecule has 0 aliphatic heterocycles. The molecule has 7 nitrogen and oxygen atoms in total. The van der Waals surface area contributed by atoms with Gasteiger partial charge in [0.05, 0.1) is 17.7 Å². The SMILES string of the molecule is COc1ccc(Cc2c(S(N)(=O)=O)ccn2S(=O)(=O)c2ccccc2C)cc1. The van der Waals surface area contributed by atoms with E-state index in [2.05, 4.69) is 0 Å².